The number of carbonyl (C=O) groups excluding carboxylic acids is 1. The molecule has 0 aliphatic carbocycles. The lowest BCUT2D eigenvalue weighted by Gasteiger charge is -2.03. The van der Waals surface area contributed by atoms with Gasteiger partial charge >= 0.3 is 0 Å². The first-order valence-electron chi connectivity index (χ1n) is 6.05. The van der Waals surface area contributed by atoms with Gasteiger partial charge in [-0.2, -0.15) is 5.10 Å². The number of aryl methyl sites for hydroxylation is 1. The Labute approximate surface area is 135 Å². The van der Waals surface area contributed by atoms with Crippen molar-refractivity contribution in [3.8, 4) is 5.75 Å². The van der Waals surface area contributed by atoms with Gasteiger partial charge in [0.25, 0.3) is 5.91 Å². The average molecular weight is 368 g/mol. The molecule has 0 bridgehead atoms. The number of benzene rings is 2. The second-order valence-corrected chi connectivity index (χ2v) is 5.72. The molecule has 0 radical (unpaired) electrons. The van der Waals surface area contributed by atoms with Crippen LogP contribution in [0.1, 0.15) is 21.5 Å². The van der Waals surface area contributed by atoms with Crippen LogP contribution < -0.4 is 5.43 Å². The van der Waals surface area contributed by atoms with Crippen molar-refractivity contribution in [2.45, 2.75) is 6.92 Å². The average Bonchev–Trinajstić information content (AvgIpc) is 2.43. The zero-order chi connectivity index (χ0) is 15.4. The summed E-state index contributed by atoms with van der Waals surface area (Å²) in [6.45, 7) is 1.90. The van der Waals surface area contributed by atoms with E-state index >= 15 is 0 Å². The molecular weight excluding hydrogens is 356 g/mol. The lowest BCUT2D eigenvalue weighted by atomic mass is 10.1. The first-order chi connectivity index (χ1) is 9.97. The Kier molecular flexibility index (Phi) is 4.98. The van der Waals surface area contributed by atoms with Gasteiger partial charge in [-0.3, -0.25) is 4.79 Å². The maximum Gasteiger partial charge on any atom is 0.271 e. The summed E-state index contributed by atoms with van der Waals surface area (Å²) < 4.78 is 0.705. The fraction of sp³-hybridized carbons (Fsp3) is 0.0667. The molecule has 6 heteroatoms. The van der Waals surface area contributed by atoms with Crippen LogP contribution in [0.5, 0.6) is 5.75 Å². The molecule has 2 aromatic carbocycles. The Balaban J connectivity index is 2.11. The monoisotopic (exact) mass is 366 g/mol. The smallest absolute Gasteiger partial charge is 0.271 e. The number of hydrazone groups is 1. The third-order valence-corrected chi connectivity index (χ3v) is 3.45. The van der Waals surface area contributed by atoms with E-state index in [4.69, 9.17) is 11.6 Å². The number of rotatable bonds is 3. The van der Waals surface area contributed by atoms with E-state index in [1.165, 1.54) is 6.21 Å². The van der Waals surface area contributed by atoms with E-state index in [0.29, 0.717) is 15.6 Å². The minimum Gasteiger partial charge on any atom is -0.506 e. The zero-order valence-corrected chi connectivity index (χ0v) is 13.4. The van der Waals surface area contributed by atoms with Crippen LogP contribution in [-0.4, -0.2) is 17.2 Å². The minimum atomic E-state index is -0.324. The Morgan fingerprint density at radius 1 is 1.38 bits per heavy atom. The molecule has 0 saturated carbocycles. The summed E-state index contributed by atoms with van der Waals surface area (Å²) in [5.41, 5.74) is 4.31. The number of hydrogen-bond donors (Lipinski definition) is 2. The molecule has 2 N–H and O–H groups in total. The molecule has 0 fully saturated rings. The van der Waals surface area contributed by atoms with Crippen LogP contribution in [0.3, 0.4) is 0 Å². The van der Waals surface area contributed by atoms with Gasteiger partial charge in [-0.1, -0.05) is 45.2 Å². The highest BCUT2D eigenvalue weighted by Crippen LogP contribution is 2.30. The molecular formula is C15H12BrClN2O2. The van der Waals surface area contributed by atoms with Gasteiger partial charge in [0.15, 0.2) is 0 Å². The molecule has 0 aliphatic rings. The first kappa shape index (κ1) is 15.5. The van der Waals surface area contributed by atoms with Gasteiger partial charge in [-0.25, -0.2) is 5.43 Å². The zero-order valence-electron chi connectivity index (χ0n) is 11.1. The van der Waals surface area contributed by atoms with Crippen molar-refractivity contribution >= 4 is 39.7 Å². The molecule has 21 heavy (non-hydrogen) atoms. The molecule has 0 aromatic heterocycles. The summed E-state index contributed by atoms with van der Waals surface area (Å²) in [6, 6.07) is 10.4. The highest BCUT2D eigenvalue weighted by Gasteiger charge is 2.07. The lowest BCUT2D eigenvalue weighted by Crippen LogP contribution is -2.17. The van der Waals surface area contributed by atoms with E-state index in [9.17, 15) is 9.90 Å². The molecule has 0 heterocycles. The molecule has 108 valence electrons. The van der Waals surface area contributed by atoms with Gasteiger partial charge in [0, 0.05) is 15.6 Å². The van der Waals surface area contributed by atoms with Gasteiger partial charge in [0.05, 0.1) is 11.2 Å². The number of carbonyl (C=O) groups is 1. The number of amides is 1. The summed E-state index contributed by atoms with van der Waals surface area (Å²) in [5, 5.41) is 13.8. The van der Waals surface area contributed by atoms with Gasteiger partial charge < -0.3 is 5.11 Å². The van der Waals surface area contributed by atoms with Crippen molar-refractivity contribution in [2.24, 2.45) is 5.10 Å². The Morgan fingerprint density at radius 2 is 2.14 bits per heavy atom. The molecule has 0 unspecified atom stereocenters. The largest absolute Gasteiger partial charge is 0.506 e. The Hall–Kier alpha value is -1.85. The van der Waals surface area contributed by atoms with Gasteiger partial charge in [-0.05, 0) is 31.2 Å². The molecule has 2 rings (SSSR count). The SMILES string of the molecule is Cc1cccc(C(=O)N/N=C/c2cc(Br)cc(Cl)c2O)c1. The van der Waals surface area contributed by atoms with E-state index in [-0.39, 0.29) is 16.7 Å². The maximum absolute atomic E-state index is 11.9. The van der Waals surface area contributed by atoms with Crippen LogP contribution in [0, 0.1) is 6.92 Å². The molecule has 0 aliphatic heterocycles. The number of aromatic hydroxyl groups is 1. The van der Waals surface area contributed by atoms with E-state index < -0.39 is 0 Å². The summed E-state index contributed by atoms with van der Waals surface area (Å²) in [6.07, 6.45) is 1.33. The summed E-state index contributed by atoms with van der Waals surface area (Å²) in [7, 11) is 0. The molecule has 0 saturated heterocycles. The van der Waals surface area contributed by atoms with Crippen LogP contribution in [0.25, 0.3) is 0 Å². The van der Waals surface area contributed by atoms with Crippen LogP contribution in [-0.2, 0) is 0 Å². The second-order valence-electron chi connectivity index (χ2n) is 4.39. The van der Waals surface area contributed by atoms with E-state index in [2.05, 4.69) is 26.5 Å². The lowest BCUT2D eigenvalue weighted by molar-refractivity contribution is 0.0955. The Bertz CT molecular complexity index is 717. The quantitative estimate of drug-likeness (QED) is 0.639. The number of nitrogens with zero attached hydrogens (tertiary/aromatic N) is 1. The topological polar surface area (TPSA) is 61.7 Å². The number of halogens is 2. The molecule has 1 amide bonds. The molecule has 2 aromatic rings. The Morgan fingerprint density at radius 3 is 2.86 bits per heavy atom. The van der Waals surface area contributed by atoms with E-state index in [1.807, 2.05) is 13.0 Å². The van der Waals surface area contributed by atoms with E-state index in [0.717, 1.165) is 5.56 Å². The van der Waals surface area contributed by atoms with Crippen LogP contribution >= 0.6 is 27.5 Å². The van der Waals surface area contributed by atoms with Crippen LogP contribution in [0.15, 0.2) is 46.0 Å². The third-order valence-electron chi connectivity index (χ3n) is 2.71. The van der Waals surface area contributed by atoms with Gasteiger partial charge in [0.1, 0.15) is 5.75 Å². The van der Waals surface area contributed by atoms with Crippen molar-refractivity contribution in [3.63, 3.8) is 0 Å². The highest BCUT2D eigenvalue weighted by molar-refractivity contribution is 9.10. The molecule has 0 spiro atoms. The van der Waals surface area contributed by atoms with Crippen molar-refractivity contribution in [1.82, 2.24) is 5.43 Å². The van der Waals surface area contributed by atoms with Crippen molar-refractivity contribution < 1.29 is 9.90 Å². The number of phenols is 1. The number of hydrogen-bond acceptors (Lipinski definition) is 3. The fourth-order valence-corrected chi connectivity index (χ4v) is 2.53. The summed E-state index contributed by atoms with van der Waals surface area (Å²) in [4.78, 5) is 11.9. The first-order valence-corrected chi connectivity index (χ1v) is 7.22. The predicted molar refractivity (Wildman–Crippen MR) is 87.1 cm³/mol. The minimum absolute atomic E-state index is 0.0894. The maximum atomic E-state index is 11.9. The summed E-state index contributed by atoms with van der Waals surface area (Å²) in [5.74, 6) is -0.413. The molecule has 0 atom stereocenters. The standard InChI is InChI=1S/C15H12BrClN2O2/c1-9-3-2-4-10(5-9)15(21)19-18-8-11-6-12(16)7-13(17)14(11)20/h2-8,20H,1H3,(H,19,21)/b18-8+. The number of nitrogens with one attached hydrogen (secondary N) is 1. The van der Waals surface area contributed by atoms with Crippen molar-refractivity contribution in [2.75, 3.05) is 0 Å². The molecule has 4 nitrogen and oxygen atoms in total. The van der Waals surface area contributed by atoms with Gasteiger partial charge in [0.2, 0.25) is 0 Å². The van der Waals surface area contributed by atoms with Gasteiger partial charge in [-0.15, -0.1) is 0 Å². The normalized spacial score (nSPS) is 10.8. The van der Waals surface area contributed by atoms with Crippen LogP contribution in [0.2, 0.25) is 5.02 Å². The highest BCUT2D eigenvalue weighted by atomic mass is 79.9. The predicted octanol–water partition coefficient (Wildman–Crippen LogP) is 3.88. The fourth-order valence-electron chi connectivity index (χ4n) is 1.70. The van der Waals surface area contributed by atoms with Crippen molar-refractivity contribution in [1.29, 1.82) is 0 Å². The second kappa shape index (κ2) is 6.74. The van der Waals surface area contributed by atoms with E-state index in [1.54, 1.807) is 30.3 Å². The van der Waals surface area contributed by atoms with Crippen LogP contribution in [0.4, 0.5) is 0 Å². The number of phenolic OH excluding ortho intramolecular Hbond substituents is 1. The third kappa shape index (κ3) is 4.06. The summed E-state index contributed by atoms with van der Waals surface area (Å²) >= 11 is 9.11. The van der Waals surface area contributed by atoms with Crippen molar-refractivity contribution in [3.05, 3.63) is 62.6 Å².